The monoisotopic (exact) mass is 839 g/mol. The number of piperidine rings is 4. The largest absolute Gasteiger partial charge is 0.384 e. The Hall–Kier alpha value is -5.22. The van der Waals surface area contributed by atoms with Crippen molar-refractivity contribution in [3.63, 3.8) is 0 Å². The van der Waals surface area contributed by atoms with E-state index in [4.69, 9.17) is 20.7 Å². The van der Waals surface area contributed by atoms with Crippen LogP contribution >= 0.6 is 0 Å². The van der Waals surface area contributed by atoms with Gasteiger partial charge in [0.1, 0.15) is 17.5 Å². The van der Waals surface area contributed by atoms with E-state index in [1.165, 1.54) is 18.9 Å². The van der Waals surface area contributed by atoms with Crippen molar-refractivity contribution in [2.24, 2.45) is 5.73 Å². The van der Waals surface area contributed by atoms with Gasteiger partial charge in [0, 0.05) is 126 Å². The van der Waals surface area contributed by atoms with Crippen molar-refractivity contribution in [2.75, 3.05) is 119 Å². The minimum atomic E-state index is -0.265. The number of nitrogens with one attached hydrogen (secondary N) is 5. The Morgan fingerprint density at radius 1 is 0.607 bits per heavy atom. The fourth-order valence-corrected chi connectivity index (χ4v) is 9.06. The number of nitrogens with two attached hydrogens (primary N) is 1. The summed E-state index contributed by atoms with van der Waals surface area (Å²) in [6.45, 7) is 10.1. The van der Waals surface area contributed by atoms with Crippen LogP contribution in [0.2, 0.25) is 0 Å². The number of aromatic nitrogens is 4. The number of nitrogens with zero attached hydrogens (tertiary/aromatic N) is 8. The van der Waals surface area contributed by atoms with Gasteiger partial charge in [-0.1, -0.05) is 6.07 Å². The molecule has 4 fully saturated rings. The zero-order valence-electron chi connectivity index (χ0n) is 35.5. The molecule has 4 aliphatic rings. The number of anilines is 8. The molecule has 14 nitrogen and oxygen atoms in total. The highest BCUT2D eigenvalue weighted by molar-refractivity contribution is 5.66. The van der Waals surface area contributed by atoms with Crippen molar-refractivity contribution in [2.45, 2.75) is 82.8 Å². The molecule has 0 bridgehead atoms. The SMILES string of the molecule is NCCNc1cnc(N2CCCCC2)nc1N[C@@H]1CCCN(c2cc(F)cc(NCCNCc3cnc(N4CCCCC4)nc3N[C@@H]3CCCN(c4cccc(F)c4)C3)c2)C1. The van der Waals surface area contributed by atoms with Crippen molar-refractivity contribution < 1.29 is 8.78 Å². The lowest BCUT2D eigenvalue weighted by Crippen LogP contribution is -2.42. The number of rotatable bonds is 17. The van der Waals surface area contributed by atoms with E-state index in [1.54, 1.807) is 24.3 Å². The van der Waals surface area contributed by atoms with Gasteiger partial charge in [-0.05, 0) is 101 Å². The molecule has 4 aliphatic heterocycles. The summed E-state index contributed by atoms with van der Waals surface area (Å²) >= 11 is 0. The van der Waals surface area contributed by atoms with Gasteiger partial charge < -0.3 is 51.9 Å². The molecule has 0 radical (unpaired) electrons. The zero-order chi connectivity index (χ0) is 41.8. The molecule has 4 aromatic rings. The highest BCUT2D eigenvalue weighted by atomic mass is 19.1. The maximum absolute atomic E-state index is 15.2. The first-order chi connectivity index (χ1) is 30.0. The first-order valence-electron chi connectivity index (χ1n) is 22.7. The maximum atomic E-state index is 15.2. The number of benzene rings is 2. The van der Waals surface area contributed by atoms with Gasteiger partial charge in [0.05, 0.1) is 11.9 Å². The summed E-state index contributed by atoms with van der Waals surface area (Å²) in [5.41, 5.74) is 10.2. The Labute approximate surface area is 359 Å². The lowest BCUT2D eigenvalue weighted by molar-refractivity contribution is 0.526. The minimum absolute atomic E-state index is 0.128. The normalized spacial score (nSPS) is 19.8. The van der Waals surface area contributed by atoms with E-state index in [1.807, 2.05) is 24.5 Å². The standard InChI is InChI=1S/C45H64F2N14/c46-34-10-7-13-39(25-34)60-22-8-11-36(31-60)54-42-33(29-52-44(56-42)58-18-3-1-4-19-58)28-49-16-17-50-38-24-35(47)26-40(27-38)61-23-9-12-37(32-61)55-43-41(51-15-14-48)30-53-45(57-43)59-20-5-2-6-21-59/h7,10,13,24-27,29-30,36-37,49-51H,1-6,8-9,11-12,14-23,28,31-32,48H2,(H,52,54,56)(H,53,55,57)/t36-,37-/m1/s1. The number of hydrogen-bond acceptors (Lipinski definition) is 14. The molecule has 328 valence electrons. The van der Waals surface area contributed by atoms with Crippen LogP contribution in [0.4, 0.5) is 55.1 Å². The van der Waals surface area contributed by atoms with Crippen LogP contribution in [-0.2, 0) is 6.54 Å². The van der Waals surface area contributed by atoms with Crippen molar-refractivity contribution in [1.82, 2.24) is 25.3 Å². The fraction of sp³-hybridized carbons (Fsp3) is 0.556. The summed E-state index contributed by atoms with van der Waals surface area (Å²) in [6, 6.07) is 12.4. The average molecular weight is 839 g/mol. The fourth-order valence-electron chi connectivity index (χ4n) is 9.06. The Bertz CT molecular complexity index is 2010. The molecule has 2 atom stereocenters. The molecule has 0 spiro atoms. The average Bonchev–Trinajstić information content (AvgIpc) is 3.29. The third kappa shape index (κ3) is 11.6. The van der Waals surface area contributed by atoms with E-state index in [0.29, 0.717) is 32.7 Å². The number of halogens is 2. The van der Waals surface area contributed by atoms with Crippen LogP contribution in [0.3, 0.4) is 0 Å². The lowest BCUT2D eigenvalue weighted by atomic mass is 10.0. The van der Waals surface area contributed by atoms with Crippen LogP contribution in [0.15, 0.2) is 54.9 Å². The first-order valence-corrected chi connectivity index (χ1v) is 22.7. The van der Waals surface area contributed by atoms with Crippen molar-refractivity contribution in [3.8, 4) is 0 Å². The Kier molecular flexibility index (Phi) is 14.6. The number of hydrogen-bond donors (Lipinski definition) is 6. The van der Waals surface area contributed by atoms with Crippen LogP contribution < -0.4 is 51.9 Å². The van der Waals surface area contributed by atoms with E-state index < -0.39 is 0 Å². The van der Waals surface area contributed by atoms with Gasteiger partial charge in [-0.2, -0.15) is 9.97 Å². The van der Waals surface area contributed by atoms with Gasteiger partial charge in [-0.15, -0.1) is 0 Å². The van der Waals surface area contributed by atoms with E-state index in [-0.39, 0.29) is 23.7 Å². The third-order valence-corrected chi connectivity index (χ3v) is 12.3. The molecule has 2 aromatic heterocycles. The van der Waals surface area contributed by atoms with Gasteiger partial charge in [0.2, 0.25) is 11.9 Å². The summed E-state index contributed by atoms with van der Waals surface area (Å²) in [5, 5.41) is 17.9. The molecule has 4 saturated heterocycles. The maximum Gasteiger partial charge on any atom is 0.227 e. The van der Waals surface area contributed by atoms with Crippen LogP contribution in [-0.4, -0.2) is 111 Å². The second-order valence-electron chi connectivity index (χ2n) is 16.9. The van der Waals surface area contributed by atoms with Crippen LogP contribution in [0.5, 0.6) is 0 Å². The van der Waals surface area contributed by atoms with Crippen molar-refractivity contribution >= 4 is 46.3 Å². The summed E-state index contributed by atoms with van der Waals surface area (Å²) in [6.07, 6.45) is 14.9. The highest BCUT2D eigenvalue weighted by Gasteiger charge is 2.25. The third-order valence-electron chi connectivity index (χ3n) is 12.3. The first kappa shape index (κ1) is 42.5. The van der Waals surface area contributed by atoms with Gasteiger partial charge in [0.25, 0.3) is 0 Å². The highest BCUT2D eigenvalue weighted by Crippen LogP contribution is 2.30. The molecular weight excluding hydrogens is 775 g/mol. The van der Waals surface area contributed by atoms with Crippen LogP contribution in [0, 0.1) is 11.6 Å². The predicted octanol–water partition coefficient (Wildman–Crippen LogP) is 6.26. The zero-order valence-corrected chi connectivity index (χ0v) is 35.5. The molecule has 0 saturated carbocycles. The Morgan fingerprint density at radius 3 is 1.92 bits per heavy atom. The Morgan fingerprint density at radius 2 is 1.23 bits per heavy atom. The summed E-state index contributed by atoms with van der Waals surface area (Å²) in [4.78, 5) is 28.6. The molecule has 16 heteroatoms. The molecule has 7 N–H and O–H groups in total. The topological polar surface area (TPSA) is 151 Å². The smallest absolute Gasteiger partial charge is 0.227 e. The predicted molar refractivity (Wildman–Crippen MR) is 244 cm³/mol. The summed E-state index contributed by atoms with van der Waals surface area (Å²) < 4.78 is 29.3. The molecule has 0 amide bonds. The van der Waals surface area contributed by atoms with E-state index in [9.17, 15) is 4.39 Å². The second-order valence-corrected chi connectivity index (χ2v) is 16.9. The van der Waals surface area contributed by atoms with Gasteiger partial charge in [0.15, 0.2) is 5.82 Å². The van der Waals surface area contributed by atoms with Gasteiger partial charge in [-0.25, -0.2) is 18.7 Å². The molecule has 8 rings (SSSR count). The second kappa shape index (κ2) is 21.0. The molecule has 0 unspecified atom stereocenters. The quantitative estimate of drug-likeness (QED) is 0.0665. The van der Waals surface area contributed by atoms with Crippen LogP contribution in [0.25, 0.3) is 0 Å². The molecule has 6 heterocycles. The van der Waals surface area contributed by atoms with Crippen molar-refractivity contribution in [3.05, 3.63) is 72.1 Å². The summed E-state index contributed by atoms with van der Waals surface area (Å²) in [5.74, 6) is 2.68. The van der Waals surface area contributed by atoms with Gasteiger partial charge >= 0.3 is 0 Å². The molecule has 2 aromatic carbocycles. The molecule has 61 heavy (non-hydrogen) atoms. The Balaban J connectivity index is 0.871. The van der Waals surface area contributed by atoms with Crippen LogP contribution in [0.1, 0.15) is 69.8 Å². The van der Waals surface area contributed by atoms with E-state index in [0.717, 1.165) is 156 Å². The van der Waals surface area contributed by atoms with E-state index in [2.05, 4.69) is 51.2 Å². The molecule has 0 aliphatic carbocycles. The minimum Gasteiger partial charge on any atom is -0.384 e. The van der Waals surface area contributed by atoms with E-state index >= 15 is 4.39 Å². The van der Waals surface area contributed by atoms with Gasteiger partial charge in [-0.3, -0.25) is 0 Å². The lowest BCUT2D eigenvalue weighted by Gasteiger charge is -2.36. The van der Waals surface area contributed by atoms with Crippen molar-refractivity contribution in [1.29, 1.82) is 0 Å². The summed E-state index contributed by atoms with van der Waals surface area (Å²) in [7, 11) is 0. The molecular formula is C45H64F2N14.